The fraction of sp³-hybridized carbons (Fsp3) is 0.353. The maximum Gasteiger partial charge on any atom is 0.407 e. The molecular weight excluding hydrogens is 554 g/mol. The minimum atomic E-state index is -0.666. The molecule has 0 saturated carbocycles. The summed E-state index contributed by atoms with van der Waals surface area (Å²) in [6.45, 7) is 7.43. The molecule has 0 spiro atoms. The van der Waals surface area contributed by atoms with Crippen LogP contribution in [-0.2, 0) is 9.53 Å². The molecule has 226 valence electrons. The molecule has 0 bridgehead atoms. The number of imidazole rings is 2. The molecule has 4 heterocycles. The molecule has 0 aliphatic carbocycles. The first kappa shape index (κ1) is 29.2. The highest BCUT2D eigenvalue weighted by Gasteiger charge is 2.37. The van der Waals surface area contributed by atoms with Crippen molar-refractivity contribution >= 4 is 23.0 Å². The van der Waals surface area contributed by atoms with Crippen LogP contribution in [0.2, 0.25) is 0 Å². The molecule has 10 heteroatoms. The Morgan fingerprint density at radius 1 is 1.07 bits per heavy atom. The molecule has 2 aromatic heterocycles. The van der Waals surface area contributed by atoms with Crippen molar-refractivity contribution in [3.8, 4) is 23.1 Å². The van der Waals surface area contributed by atoms with E-state index in [1.165, 1.54) is 12.7 Å². The largest absolute Gasteiger partial charge is 0.453 e. The Balaban J connectivity index is 1.13. The number of methoxy groups -OCH3 is 1. The molecule has 3 atom stereocenters. The van der Waals surface area contributed by atoms with Gasteiger partial charge in [-0.3, -0.25) is 4.79 Å². The summed E-state index contributed by atoms with van der Waals surface area (Å²) in [5, 5.41) is 6.14. The van der Waals surface area contributed by atoms with Gasteiger partial charge in [0.2, 0.25) is 5.91 Å². The Morgan fingerprint density at radius 2 is 1.84 bits per heavy atom. The van der Waals surface area contributed by atoms with E-state index in [4.69, 9.17) is 9.72 Å². The molecule has 6 rings (SSSR count). The van der Waals surface area contributed by atoms with Crippen LogP contribution in [0.25, 0.3) is 22.3 Å². The topological polar surface area (TPSA) is 128 Å². The molecule has 3 unspecified atom stereocenters. The number of rotatable bonds is 6. The molecule has 1 saturated heterocycles. The van der Waals surface area contributed by atoms with Crippen LogP contribution < -0.4 is 10.6 Å². The van der Waals surface area contributed by atoms with Gasteiger partial charge in [-0.25, -0.2) is 14.8 Å². The number of amides is 2. The average molecular weight is 592 g/mol. The van der Waals surface area contributed by atoms with E-state index in [2.05, 4.69) is 50.4 Å². The third kappa shape index (κ3) is 6.10. The van der Waals surface area contributed by atoms with Gasteiger partial charge in [0.1, 0.15) is 17.7 Å². The Kier molecular flexibility index (Phi) is 8.22. The number of hydrogen-bond donors (Lipinski definition) is 4. The fourth-order valence-corrected chi connectivity index (χ4v) is 5.83. The van der Waals surface area contributed by atoms with E-state index >= 15 is 0 Å². The maximum absolute atomic E-state index is 13.4. The zero-order valence-electron chi connectivity index (χ0n) is 25.4. The van der Waals surface area contributed by atoms with Crippen LogP contribution in [0.5, 0.6) is 0 Å². The van der Waals surface area contributed by atoms with E-state index in [0.717, 1.165) is 64.5 Å². The van der Waals surface area contributed by atoms with Gasteiger partial charge in [-0.15, -0.1) is 0 Å². The number of benzene rings is 2. The van der Waals surface area contributed by atoms with Crippen molar-refractivity contribution in [3.63, 3.8) is 0 Å². The number of H-pyrrole nitrogens is 2. The van der Waals surface area contributed by atoms with Gasteiger partial charge >= 0.3 is 6.09 Å². The number of carbonyl (C=O) groups excluding carboxylic acids is 2. The monoisotopic (exact) mass is 591 g/mol. The first-order valence-corrected chi connectivity index (χ1v) is 15.0. The van der Waals surface area contributed by atoms with Gasteiger partial charge in [0.25, 0.3) is 0 Å². The highest BCUT2D eigenvalue weighted by atomic mass is 16.5. The number of ether oxygens (including phenoxy) is 1. The SMILES string of the molecule is COC(=O)NC(C(=O)N1CCCC1c1ncc(-c2ccc(C#Cc3ccc4nc(C5C=C(C)CN5)[nH]c4c3)cc2)[nH]1)C(C)C. The number of aromatic nitrogens is 4. The summed E-state index contributed by atoms with van der Waals surface area (Å²) in [5.74, 6) is 7.98. The van der Waals surface area contributed by atoms with Gasteiger partial charge < -0.3 is 30.2 Å². The highest BCUT2D eigenvalue weighted by molar-refractivity contribution is 5.86. The summed E-state index contributed by atoms with van der Waals surface area (Å²) < 4.78 is 4.73. The van der Waals surface area contributed by atoms with Crippen molar-refractivity contribution in [1.29, 1.82) is 0 Å². The second-order valence-electron chi connectivity index (χ2n) is 11.8. The molecule has 2 aliphatic heterocycles. The van der Waals surface area contributed by atoms with Crippen LogP contribution in [-0.4, -0.2) is 63.1 Å². The third-order valence-corrected chi connectivity index (χ3v) is 8.23. The van der Waals surface area contributed by atoms with Crippen LogP contribution in [0.3, 0.4) is 0 Å². The number of carbonyl (C=O) groups is 2. The van der Waals surface area contributed by atoms with Crippen molar-refractivity contribution < 1.29 is 14.3 Å². The molecule has 44 heavy (non-hydrogen) atoms. The Morgan fingerprint density at radius 3 is 2.57 bits per heavy atom. The van der Waals surface area contributed by atoms with Gasteiger partial charge in [-0.2, -0.15) is 0 Å². The number of likely N-dealkylation sites (tertiary alicyclic amines) is 1. The molecule has 2 aliphatic rings. The van der Waals surface area contributed by atoms with E-state index in [9.17, 15) is 9.59 Å². The van der Waals surface area contributed by atoms with Crippen molar-refractivity contribution in [2.24, 2.45) is 5.92 Å². The van der Waals surface area contributed by atoms with E-state index in [1.54, 1.807) is 6.20 Å². The van der Waals surface area contributed by atoms with Gasteiger partial charge in [0.15, 0.2) is 0 Å². The number of alkyl carbamates (subject to hydrolysis) is 1. The zero-order chi connectivity index (χ0) is 30.8. The third-order valence-electron chi connectivity index (χ3n) is 8.23. The summed E-state index contributed by atoms with van der Waals surface area (Å²) in [6, 6.07) is 13.3. The number of aromatic amines is 2. The van der Waals surface area contributed by atoms with Gasteiger partial charge in [-0.05, 0) is 61.6 Å². The number of nitrogens with one attached hydrogen (secondary N) is 4. The van der Waals surface area contributed by atoms with E-state index in [-0.39, 0.29) is 23.9 Å². The fourth-order valence-electron chi connectivity index (χ4n) is 5.83. The maximum atomic E-state index is 13.4. The summed E-state index contributed by atoms with van der Waals surface area (Å²) in [7, 11) is 1.30. The zero-order valence-corrected chi connectivity index (χ0v) is 25.4. The predicted molar refractivity (Wildman–Crippen MR) is 168 cm³/mol. The predicted octanol–water partition coefficient (Wildman–Crippen LogP) is 4.99. The van der Waals surface area contributed by atoms with Crippen LogP contribution in [0.4, 0.5) is 4.79 Å². The second kappa shape index (κ2) is 12.4. The molecular formula is C34H37N7O3. The van der Waals surface area contributed by atoms with E-state index < -0.39 is 12.1 Å². The quantitative estimate of drug-likeness (QED) is 0.185. The lowest BCUT2D eigenvalue weighted by Crippen LogP contribution is -2.51. The van der Waals surface area contributed by atoms with Gasteiger partial charge in [0.05, 0.1) is 42.1 Å². The lowest BCUT2D eigenvalue weighted by atomic mass is 10.0. The van der Waals surface area contributed by atoms with Crippen molar-refractivity contribution in [2.45, 2.75) is 51.7 Å². The summed E-state index contributed by atoms with van der Waals surface area (Å²) in [4.78, 5) is 43.3. The minimum Gasteiger partial charge on any atom is -0.453 e. The minimum absolute atomic E-state index is 0.0842. The highest BCUT2D eigenvalue weighted by Crippen LogP contribution is 2.33. The molecule has 4 aromatic rings. The van der Waals surface area contributed by atoms with Crippen LogP contribution in [0.1, 0.15) is 68.5 Å². The standard InChI is InChI=1S/C34H37N7O3/c1-20(2)30(40-34(43)44-4)33(42)41-15-5-6-29(41)32-36-19-28(39-32)24-12-9-22(10-13-24)7-8-23-11-14-25-26(17-23)38-31(37-25)27-16-21(3)18-35-27/h9-14,16-17,19-20,27,29-30,35H,5-6,15,18H2,1-4H3,(H,36,39)(H,37,38)(H,40,43). The van der Waals surface area contributed by atoms with E-state index in [0.29, 0.717) is 6.54 Å². The summed E-state index contributed by atoms with van der Waals surface area (Å²) in [5.41, 5.74) is 6.89. The molecule has 4 N–H and O–H groups in total. The van der Waals surface area contributed by atoms with Crippen LogP contribution in [0.15, 0.2) is 60.3 Å². The average Bonchev–Trinajstić information content (AvgIpc) is 3.84. The second-order valence-corrected chi connectivity index (χ2v) is 11.8. The van der Waals surface area contributed by atoms with Gasteiger partial charge in [0, 0.05) is 24.2 Å². The summed E-state index contributed by atoms with van der Waals surface area (Å²) >= 11 is 0. The number of nitrogens with zero attached hydrogens (tertiary/aromatic N) is 3. The Hall–Kier alpha value is -4.88. The molecule has 0 radical (unpaired) electrons. The van der Waals surface area contributed by atoms with Crippen molar-refractivity contribution in [1.82, 2.24) is 35.5 Å². The lowest BCUT2D eigenvalue weighted by Gasteiger charge is -2.30. The molecule has 1 fully saturated rings. The normalized spacial score (nSPS) is 18.7. The Labute approximate surface area is 256 Å². The Bertz CT molecular complexity index is 1770. The lowest BCUT2D eigenvalue weighted by molar-refractivity contribution is -0.135. The first-order valence-electron chi connectivity index (χ1n) is 15.0. The number of hydrogen-bond acceptors (Lipinski definition) is 6. The van der Waals surface area contributed by atoms with Gasteiger partial charge in [-0.1, -0.05) is 49.5 Å². The smallest absolute Gasteiger partial charge is 0.407 e. The molecule has 10 nitrogen and oxygen atoms in total. The van der Waals surface area contributed by atoms with Crippen molar-refractivity contribution in [2.75, 3.05) is 20.2 Å². The van der Waals surface area contributed by atoms with Crippen molar-refractivity contribution in [3.05, 3.63) is 83.1 Å². The molecule has 2 amide bonds. The molecule has 2 aromatic carbocycles. The van der Waals surface area contributed by atoms with Crippen LogP contribution in [0, 0.1) is 17.8 Å². The first-order chi connectivity index (χ1) is 21.3. The van der Waals surface area contributed by atoms with Crippen LogP contribution >= 0.6 is 0 Å². The van der Waals surface area contributed by atoms with E-state index in [1.807, 2.05) is 61.2 Å². The summed E-state index contributed by atoms with van der Waals surface area (Å²) in [6.07, 6.45) is 5.06. The number of fused-ring (bicyclic) bond motifs is 1.